The molecule has 1 saturated heterocycles. The first-order valence-corrected chi connectivity index (χ1v) is 11.8. The first kappa shape index (κ1) is 21.4. The van der Waals surface area contributed by atoms with Crippen molar-refractivity contribution in [3.8, 4) is 0 Å². The zero-order valence-electron chi connectivity index (χ0n) is 17.9. The first-order chi connectivity index (χ1) is 15.2. The number of piperazine rings is 1. The summed E-state index contributed by atoms with van der Waals surface area (Å²) in [5, 5.41) is 6.85. The number of fused-ring (bicyclic) bond motifs is 1. The van der Waals surface area contributed by atoms with Gasteiger partial charge in [-0.05, 0) is 49.4 Å². The number of nitrogens with zero attached hydrogens (tertiary/aromatic N) is 4. The van der Waals surface area contributed by atoms with Gasteiger partial charge in [-0.2, -0.15) is 0 Å². The molecule has 164 valence electrons. The minimum atomic E-state index is -0.180. The summed E-state index contributed by atoms with van der Waals surface area (Å²) in [5.74, 6) is 0.594. The molecule has 2 aliphatic rings. The molecule has 0 atom stereocenters. The maximum absolute atomic E-state index is 12.4. The molecule has 1 fully saturated rings. The van der Waals surface area contributed by atoms with Crippen LogP contribution in [0.5, 0.6) is 0 Å². The highest BCUT2D eigenvalue weighted by Gasteiger charge is 2.34. The molecule has 0 spiro atoms. The van der Waals surface area contributed by atoms with Crippen LogP contribution in [0.1, 0.15) is 40.5 Å². The average molecular weight is 440 g/mol. The minimum Gasteiger partial charge on any atom is -0.360 e. The molecule has 31 heavy (non-hydrogen) atoms. The Bertz CT molecular complexity index is 900. The highest BCUT2D eigenvalue weighted by Crippen LogP contribution is 2.23. The van der Waals surface area contributed by atoms with Crippen molar-refractivity contribution in [3.63, 3.8) is 0 Å². The van der Waals surface area contributed by atoms with Crippen LogP contribution in [-0.2, 0) is 0 Å². The number of thiophene rings is 1. The molecule has 0 bridgehead atoms. The monoisotopic (exact) mass is 439 g/mol. The van der Waals surface area contributed by atoms with Crippen molar-refractivity contribution in [2.45, 2.75) is 19.8 Å². The van der Waals surface area contributed by atoms with Gasteiger partial charge in [0.15, 0.2) is 5.96 Å². The quantitative estimate of drug-likeness (QED) is 0.311. The van der Waals surface area contributed by atoms with Gasteiger partial charge in [0.2, 0.25) is 0 Å². The average Bonchev–Trinajstić information content (AvgIpc) is 3.42. The molecule has 4 rings (SSSR count). The zero-order chi connectivity index (χ0) is 21.6. The third-order valence-electron chi connectivity index (χ3n) is 5.66. The molecule has 0 radical (unpaired) electrons. The van der Waals surface area contributed by atoms with E-state index in [-0.39, 0.29) is 11.8 Å². The van der Waals surface area contributed by atoms with Gasteiger partial charge in [-0.25, -0.2) is 0 Å². The number of hydrogen-bond donors (Lipinski definition) is 1. The fourth-order valence-corrected chi connectivity index (χ4v) is 4.81. The van der Waals surface area contributed by atoms with Crippen molar-refractivity contribution in [2.24, 2.45) is 4.99 Å². The van der Waals surface area contributed by atoms with E-state index in [1.54, 1.807) is 35.6 Å². The van der Waals surface area contributed by atoms with Crippen molar-refractivity contribution in [1.82, 2.24) is 15.1 Å². The Morgan fingerprint density at radius 1 is 1.00 bits per heavy atom. The maximum atomic E-state index is 12.4. The molecule has 2 aliphatic heterocycles. The van der Waals surface area contributed by atoms with E-state index in [4.69, 9.17) is 4.99 Å². The molecule has 7 nitrogen and oxygen atoms in total. The summed E-state index contributed by atoms with van der Waals surface area (Å²) in [6.45, 7) is 7.90. The number of hydrogen-bond acceptors (Lipinski definition) is 5. The highest BCUT2D eigenvalue weighted by molar-refractivity contribution is 7.14. The van der Waals surface area contributed by atoms with Gasteiger partial charge in [-0.1, -0.05) is 12.1 Å². The SMILES string of the molecule is CCNC(=NCCCCN1C(=O)c2ccccc2C1=O)N1CCN(c2cccs2)CC1. The molecular formula is C23H29N5O2S. The second-order valence-electron chi connectivity index (χ2n) is 7.68. The molecule has 2 aromatic rings. The predicted molar refractivity (Wildman–Crippen MR) is 125 cm³/mol. The molecule has 1 aromatic carbocycles. The molecule has 0 saturated carbocycles. The number of unbranched alkanes of at least 4 members (excludes halogenated alkanes) is 1. The summed E-state index contributed by atoms with van der Waals surface area (Å²) in [7, 11) is 0. The van der Waals surface area contributed by atoms with Gasteiger partial charge in [0.25, 0.3) is 11.8 Å². The zero-order valence-corrected chi connectivity index (χ0v) is 18.7. The first-order valence-electron chi connectivity index (χ1n) is 11.0. The Balaban J connectivity index is 1.24. The van der Waals surface area contributed by atoms with Crippen molar-refractivity contribution < 1.29 is 9.59 Å². The van der Waals surface area contributed by atoms with E-state index in [1.807, 2.05) is 0 Å². The van der Waals surface area contributed by atoms with Crippen LogP contribution in [0.4, 0.5) is 5.00 Å². The summed E-state index contributed by atoms with van der Waals surface area (Å²) < 4.78 is 0. The summed E-state index contributed by atoms with van der Waals surface area (Å²) in [5.41, 5.74) is 1.03. The van der Waals surface area contributed by atoms with Crippen LogP contribution >= 0.6 is 11.3 Å². The number of carbonyl (C=O) groups is 2. The van der Waals surface area contributed by atoms with E-state index in [0.29, 0.717) is 24.2 Å². The number of aliphatic imine (C=N–C) groups is 1. The number of carbonyl (C=O) groups excluding carboxylic acids is 2. The van der Waals surface area contributed by atoms with Gasteiger partial charge in [-0.3, -0.25) is 19.5 Å². The number of nitrogens with one attached hydrogen (secondary N) is 1. The third kappa shape index (κ3) is 4.74. The van der Waals surface area contributed by atoms with Gasteiger partial charge in [0.05, 0.1) is 16.1 Å². The molecule has 1 aromatic heterocycles. The smallest absolute Gasteiger partial charge is 0.261 e. The Morgan fingerprint density at radius 2 is 1.71 bits per heavy atom. The van der Waals surface area contributed by atoms with Crippen LogP contribution in [0.3, 0.4) is 0 Å². The Hall–Kier alpha value is -2.87. The van der Waals surface area contributed by atoms with Crippen LogP contribution in [0.25, 0.3) is 0 Å². The lowest BCUT2D eigenvalue weighted by molar-refractivity contribution is 0.0652. The Morgan fingerprint density at radius 3 is 2.32 bits per heavy atom. The molecule has 0 unspecified atom stereocenters. The number of amides is 2. The normalized spacial score (nSPS) is 16.8. The molecule has 8 heteroatoms. The number of imide groups is 1. The molecule has 1 N–H and O–H groups in total. The summed E-state index contributed by atoms with van der Waals surface area (Å²) in [6.07, 6.45) is 1.58. The highest BCUT2D eigenvalue weighted by atomic mass is 32.1. The van der Waals surface area contributed by atoms with E-state index >= 15 is 0 Å². The largest absolute Gasteiger partial charge is 0.360 e. The van der Waals surface area contributed by atoms with Crippen LogP contribution in [0, 0.1) is 0 Å². The van der Waals surface area contributed by atoms with Gasteiger partial charge in [-0.15, -0.1) is 11.3 Å². The Kier molecular flexibility index (Phi) is 6.86. The van der Waals surface area contributed by atoms with Crippen LogP contribution in [0.15, 0.2) is 46.8 Å². The van der Waals surface area contributed by atoms with Crippen LogP contribution in [-0.4, -0.2) is 73.4 Å². The minimum absolute atomic E-state index is 0.180. The van der Waals surface area contributed by atoms with E-state index in [2.05, 4.69) is 39.6 Å². The van der Waals surface area contributed by atoms with Crippen LogP contribution < -0.4 is 10.2 Å². The van der Waals surface area contributed by atoms with Crippen LogP contribution in [0.2, 0.25) is 0 Å². The van der Waals surface area contributed by atoms with E-state index in [1.165, 1.54) is 9.90 Å². The van der Waals surface area contributed by atoms with E-state index < -0.39 is 0 Å². The lowest BCUT2D eigenvalue weighted by Gasteiger charge is -2.37. The van der Waals surface area contributed by atoms with Gasteiger partial charge >= 0.3 is 0 Å². The topological polar surface area (TPSA) is 68.2 Å². The standard InChI is InChI=1S/C23H29N5O2S/c1-2-24-23(27-15-13-26(14-16-27)20-10-7-17-31-20)25-11-5-6-12-28-21(29)18-8-3-4-9-19(18)22(28)30/h3-4,7-10,17H,2,5-6,11-16H2,1H3,(H,24,25). The number of anilines is 1. The van der Waals surface area contributed by atoms with Crippen molar-refractivity contribution in [1.29, 1.82) is 0 Å². The number of benzene rings is 1. The fourth-order valence-electron chi connectivity index (χ4n) is 4.02. The third-order valence-corrected chi connectivity index (χ3v) is 6.59. The lowest BCUT2D eigenvalue weighted by atomic mass is 10.1. The molecule has 3 heterocycles. The second-order valence-corrected chi connectivity index (χ2v) is 8.60. The van der Waals surface area contributed by atoms with E-state index in [0.717, 1.165) is 51.5 Å². The van der Waals surface area contributed by atoms with Gasteiger partial charge < -0.3 is 15.1 Å². The summed E-state index contributed by atoms with van der Waals surface area (Å²) in [6, 6.07) is 11.3. The number of guanidine groups is 1. The van der Waals surface area contributed by atoms with Crippen molar-refractivity contribution in [3.05, 3.63) is 52.9 Å². The van der Waals surface area contributed by atoms with E-state index in [9.17, 15) is 9.59 Å². The maximum Gasteiger partial charge on any atom is 0.261 e. The predicted octanol–water partition coefficient (Wildman–Crippen LogP) is 2.91. The lowest BCUT2D eigenvalue weighted by Crippen LogP contribution is -2.52. The summed E-state index contributed by atoms with van der Waals surface area (Å²) >= 11 is 1.79. The molecule has 0 aliphatic carbocycles. The number of rotatable bonds is 7. The molecular weight excluding hydrogens is 410 g/mol. The molecule has 2 amide bonds. The second kappa shape index (κ2) is 9.96. The fraction of sp³-hybridized carbons (Fsp3) is 0.435. The summed E-state index contributed by atoms with van der Waals surface area (Å²) in [4.78, 5) is 35.8. The van der Waals surface area contributed by atoms with Gasteiger partial charge in [0, 0.05) is 45.8 Å². The van der Waals surface area contributed by atoms with Crippen molar-refractivity contribution in [2.75, 3.05) is 50.7 Å². The van der Waals surface area contributed by atoms with Crippen molar-refractivity contribution >= 4 is 34.1 Å². The van der Waals surface area contributed by atoms with Gasteiger partial charge in [0.1, 0.15) is 0 Å². The Labute approximate surface area is 187 Å².